The standard InChI is InChI=1S/C21H26FN5O/c1-16-8-9-20(24-23-16)27-10-4-5-17(15-27)21(28)26-13-11-25(12-14-26)19-7-3-2-6-18(19)22/h2-3,6-9,17H,4-5,10-15H2,1H3. The molecule has 148 valence electrons. The van der Waals surface area contributed by atoms with Crippen molar-refractivity contribution in [3.63, 3.8) is 0 Å². The Morgan fingerprint density at radius 3 is 2.50 bits per heavy atom. The number of para-hydroxylation sites is 1. The van der Waals surface area contributed by atoms with Gasteiger partial charge in [-0.3, -0.25) is 4.79 Å². The van der Waals surface area contributed by atoms with Crippen LogP contribution < -0.4 is 9.80 Å². The van der Waals surface area contributed by atoms with Crippen LogP contribution >= 0.6 is 0 Å². The molecule has 28 heavy (non-hydrogen) atoms. The zero-order chi connectivity index (χ0) is 19.5. The highest BCUT2D eigenvalue weighted by atomic mass is 19.1. The van der Waals surface area contributed by atoms with E-state index in [9.17, 15) is 9.18 Å². The average molecular weight is 383 g/mol. The minimum Gasteiger partial charge on any atom is -0.366 e. The number of hydrogen-bond donors (Lipinski definition) is 0. The fourth-order valence-electron chi connectivity index (χ4n) is 4.08. The zero-order valence-corrected chi connectivity index (χ0v) is 16.2. The first-order valence-electron chi connectivity index (χ1n) is 9.95. The van der Waals surface area contributed by atoms with Crippen molar-refractivity contribution in [2.24, 2.45) is 5.92 Å². The van der Waals surface area contributed by atoms with E-state index in [0.717, 1.165) is 30.9 Å². The van der Waals surface area contributed by atoms with Crippen LogP contribution in [0.15, 0.2) is 36.4 Å². The molecule has 2 fully saturated rings. The highest BCUT2D eigenvalue weighted by Crippen LogP contribution is 2.25. The van der Waals surface area contributed by atoms with Gasteiger partial charge < -0.3 is 14.7 Å². The number of piperidine rings is 1. The molecule has 7 heteroatoms. The molecule has 3 heterocycles. The van der Waals surface area contributed by atoms with E-state index in [-0.39, 0.29) is 17.6 Å². The summed E-state index contributed by atoms with van der Waals surface area (Å²) in [6, 6.07) is 10.8. The van der Waals surface area contributed by atoms with E-state index < -0.39 is 0 Å². The van der Waals surface area contributed by atoms with Crippen LogP contribution in [0, 0.1) is 18.7 Å². The van der Waals surface area contributed by atoms with Crippen LogP contribution in [0.2, 0.25) is 0 Å². The predicted molar refractivity (Wildman–Crippen MR) is 107 cm³/mol. The number of anilines is 2. The minimum absolute atomic E-state index is 0.0168. The third-order valence-electron chi connectivity index (χ3n) is 5.66. The van der Waals surface area contributed by atoms with Crippen LogP contribution in [0.3, 0.4) is 0 Å². The molecule has 0 N–H and O–H groups in total. The molecular weight excluding hydrogens is 357 g/mol. The van der Waals surface area contributed by atoms with Crippen LogP contribution in [-0.2, 0) is 4.79 Å². The Balaban J connectivity index is 1.36. The lowest BCUT2D eigenvalue weighted by atomic mass is 9.96. The van der Waals surface area contributed by atoms with Crippen molar-refractivity contribution in [2.75, 3.05) is 49.1 Å². The summed E-state index contributed by atoms with van der Waals surface area (Å²) in [4.78, 5) is 19.2. The lowest BCUT2D eigenvalue weighted by Gasteiger charge is -2.40. The maximum atomic E-state index is 14.0. The quantitative estimate of drug-likeness (QED) is 0.815. The second kappa shape index (κ2) is 8.12. The fraction of sp³-hybridized carbons (Fsp3) is 0.476. The normalized spacial score (nSPS) is 20.4. The average Bonchev–Trinajstić information content (AvgIpc) is 2.74. The largest absolute Gasteiger partial charge is 0.366 e. The third kappa shape index (κ3) is 3.93. The molecule has 1 aromatic heterocycles. The van der Waals surface area contributed by atoms with Crippen LogP contribution in [0.1, 0.15) is 18.5 Å². The number of rotatable bonds is 3. The molecule has 2 aliphatic heterocycles. The Morgan fingerprint density at radius 2 is 1.79 bits per heavy atom. The summed E-state index contributed by atoms with van der Waals surface area (Å²) in [5, 5.41) is 8.40. The van der Waals surface area contributed by atoms with Gasteiger partial charge in [-0.15, -0.1) is 5.10 Å². The van der Waals surface area contributed by atoms with E-state index in [0.29, 0.717) is 38.4 Å². The van der Waals surface area contributed by atoms with Crippen molar-refractivity contribution in [2.45, 2.75) is 19.8 Å². The van der Waals surface area contributed by atoms with Crippen molar-refractivity contribution in [1.82, 2.24) is 15.1 Å². The summed E-state index contributed by atoms with van der Waals surface area (Å²) in [5.41, 5.74) is 1.51. The van der Waals surface area contributed by atoms with Gasteiger partial charge in [-0.25, -0.2) is 4.39 Å². The van der Waals surface area contributed by atoms with Crippen LogP contribution in [0.25, 0.3) is 0 Å². The number of piperazine rings is 1. The van der Waals surface area contributed by atoms with E-state index in [4.69, 9.17) is 0 Å². The fourth-order valence-corrected chi connectivity index (χ4v) is 4.08. The summed E-state index contributed by atoms with van der Waals surface area (Å²) >= 11 is 0. The number of aromatic nitrogens is 2. The van der Waals surface area contributed by atoms with E-state index >= 15 is 0 Å². The molecule has 1 aromatic carbocycles. The molecule has 0 aliphatic carbocycles. The Bertz CT molecular complexity index is 820. The minimum atomic E-state index is -0.204. The molecule has 1 amide bonds. The molecule has 2 aromatic rings. The number of halogens is 1. The van der Waals surface area contributed by atoms with Crippen LogP contribution in [0.4, 0.5) is 15.9 Å². The first kappa shape index (κ1) is 18.7. The summed E-state index contributed by atoms with van der Waals surface area (Å²) in [7, 11) is 0. The Labute approximate surface area is 165 Å². The number of carbonyl (C=O) groups excluding carboxylic acids is 1. The molecule has 2 saturated heterocycles. The van der Waals surface area contributed by atoms with Gasteiger partial charge in [0.05, 0.1) is 17.3 Å². The summed E-state index contributed by atoms with van der Waals surface area (Å²) in [6.45, 7) is 6.09. The molecule has 0 saturated carbocycles. The lowest BCUT2D eigenvalue weighted by molar-refractivity contribution is -0.136. The first-order valence-corrected chi connectivity index (χ1v) is 9.95. The smallest absolute Gasteiger partial charge is 0.227 e. The molecule has 0 radical (unpaired) electrons. The predicted octanol–water partition coefficient (Wildman–Crippen LogP) is 2.49. The number of carbonyl (C=O) groups is 1. The topological polar surface area (TPSA) is 52.6 Å². The lowest BCUT2D eigenvalue weighted by Crippen LogP contribution is -2.52. The zero-order valence-electron chi connectivity index (χ0n) is 16.2. The first-order chi connectivity index (χ1) is 13.6. The summed E-state index contributed by atoms with van der Waals surface area (Å²) in [5.74, 6) is 0.826. The monoisotopic (exact) mass is 383 g/mol. The van der Waals surface area contributed by atoms with E-state index in [1.165, 1.54) is 6.07 Å². The number of amides is 1. The van der Waals surface area contributed by atoms with Gasteiger partial charge in [0.1, 0.15) is 5.82 Å². The molecule has 6 nitrogen and oxygen atoms in total. The molecular formula is C21H26FN5O. The number of nitrogens with zero attached hydrogens (tertiary/aromatic N) is 5. The summed E-state index contributed by atoms with van der Waals surface area (Å²) < 4.78 is 14.0. The number of hydrogen-bond acceptors (Lipinski definition) is 5. The second-order valence-corrected chi connectivity index (χ2v) is 7.58. The molecule has 1 unspecified atom stereocenters. The molecule has 1 atom stereocenters. The van der Waals surface area contributed by atoms with Crippen LogP contribution in [0.5, 0.6) is 0 Å². The van der Waals surface area contributed by atoms with Gasteiger partial charge in [-0.05, 0) is 44.0 Å². The maximum Gasteiger partial charge on any atom is 0.227 e. The Morgan fingerprint density at radius 1 is 1.00 bits per heavy atom. The van der Waals surface area contributed by atoms with Gasteiger partial charge in [-0.2, -0.15) is 5.10 Å². The van der Waals surface area contributed by atoms with Crippen molar-refractivity contribution in [3.8, 4) is 0 Å². The van der Waals surface area contributed by atoms with Gasteiger partial charge in [0.25, 0.3) is 0 Å². The van der Waals surface area contributed by atoms with Gasteiger partial charge >= 0.3 is 0 Å². The van der Waals surface area contributed by atoms with Crippen molar-refractivity contribution in [3.05, 3.63) is 47.9 Å². The van der Waals surface area contributed by atoms with E-state index in [2.05, 4.69) is 15.1 Å². The molecule has 2 aliphatic rings. The highest BCUT2D eigenvalue weighted by Gasteiger charge is 2.31. The van der Waals surface area contributed by atoms with Gasteiger partial charge in [-0.1, -0.05) is 12.1 Å². The summed E-state index contributed by atoms with van der Waals surface area (Å²) in [6.07, 6.45) is 1.88. The van der Waals surface area contributed by atoms with E-state index in [1.54, 1.807) is 12.1 Å². The third-order valence-corrected chi connectivity index (χ3v) is 5.66. The number of aryl methyl sites for hydroxylation is 1. The second-order valence-electron chi connectivity index (χ2n) is 7.58. The van der Waals surface area contributed by atoms with Crippen molar-refractivity contribution >= 4 is 17.4 Å². The van der Waals surface area contributed by atoms with Crippen LogP contribution in [-0.4, -0.2) is 60.3 Å². The van der Waals surface area contributed by atoms with Crippen molar-refractivity contribution in [1.29, 1.82) is 0 Å². The van der Waals surface area contributed by atoms with Gasteiger partial charge in [0.2, 0.25) is 5.91 Å². The van der Waals surface area contributed by atoms with Crippen molar-refractivity contribution < 1.29 is 9.18 Å². The van der Waals surface area contributed by atoms with Gasteiger partial charge in [0.15, 0.2) is 5.82 Å². The highest BCUT2D eigenvalue weighted by molar-refractivity contribution is 5.80. The molecule has 4 rings (SSSR count). The molecule has 0 bridgehead atoms. The Hall–Kier alpha value is -2.70. The Kier molecular flexibility index (Phi) is 5.41. The number of benzene rings is 1. The van der Waals surface area contributed by atoms with E-state index in [1.807, 2.05) is 34.9 Å². The molecule has 0 spiro atoms. The SMILES string of the molecule is Cc1ccc(N2CCCC(C(=O)N3CCN(c4ccccc4F)CC3)C2)nn1. The maximum absolute atomic E-state index is 14.0. The van der Waals surface area contributed by atoms with Gasteiger partial charge in [0, 0.05) is 39.3 Å².